The van der Waals surface area contributed by atoms with Gasteiger partial charge in [-0.3, -0.25) is 4.57 Å². The van der Waals surface area contributed by atoms with E-state index in [1.54, 1.807) is 0 Å². The molecule has 0 unspecified atom stereocenters. The Kier molecular flexibility index (Phi) is 4.93. The lowest BCUT2D eigenvalue weighted by Gasteiger charge is -2.12. The Hall–Kier alpha value is -6.20. The third kappa shape index (κ3) is 3.55. The molecule has 4 heterocycles. The van der Waals surface area contributed by atoms with E-state index in [-0.39, 0.29) is 0 Å². The Morgan fingerprint density at radius 1 is 0.422 bits per heavy atom. The zero-order chi connectivity index (χ0) is 29.5. The predicted molar refractivity (Wildman–Crippen MR) is 182 cm³/mol. The molecule has 6 aromatic carbocycles. The van der Waals surface area contributed by atoms with Gasteiger partial charge in [0, 0.05) is 49.5 Å². The predicted octanol–water partition coefficient (Wildman–Crippen LogP) is 10.7. The SMILES string of the molecule is c1ccc(-c2cc(-c3cccc4oc5cc6oc7ccccc7c6cc5c34)nc(-n3c4ccccc4c4ccccc43)n2)cc1. The molecule has 5 nitrogen and oxygen atoms in total. The molecular formula is C40H23N3O2. The standard InChI is InChI=1S/C40H23N3O2/c1-2-11-24(12-3-1)31-22-32(42-40(41-31)43-33-17-7-4-13-25(33)26-14-5-8-18-34(26)43)28-16-10-20-36-39(28)30-21-29-27-15-6-9-19-35(27)44-37(29)23-38(30)45-36/h1-23H. The van der Waals surface area contributed by atoms with E-state index < -0.39 is 0 Å². The summed E-state index contributed by atoms with van der Waals surface area (Å²) in [6.07, 6.45) is 0. The molecule has 0 N–H and O–H groups in total. The Morgan fingerprint density at radius 2 is 1.04 bits per heavy atom. The zero-order valence-electron chi connectivity index (χ0n) is 23.9. The quantitative estimate of drug-likeness (QED) is 0.210. The third-order valence-electron chi connectivity index (χ3n) is 8.83. The van der Waals surface area contributed by atoms with Crippen LogP contribution < -0.4 is 0 Å². The topological polar surface area (TPSA) is 57.0 Å². The fraction of sp³-hybridized carbons (Fsp3) is 0. The van der Waals surface area contributed by atoms with Gasteiger partial charge in [0.2, 0.25) is 5.95 Å². The van der Waals surface area contributed by atoms with Gasteiger partial charge < -0.3 is 8.83 Å². The lowest BCUT2D eigenvalue weighted by Crippen LogP contribution is -2.04. The van der Waals surface area contributed by atoms with Crippen LogP contribution in [-0.2, 0) is 0 Å². The Bertz CT molecular complexity index is 2710. The average molecular weight is 578 g/mol. The monoisotopic (exact) mass is 577 g/mol. The summed E-state index contributed by atoms with van der Waals surface area (Å²) < 4.78 is 14.8. The molecule has 0 saturated carbocycles. The van der Waals surface area contributed by atoms with Crippen LogP contribution in [0.25, 0.3) is 94.1 Å². The number of rotatable bonds is 3. The summed E-state index contributed by atoms with van der Waals surface area (Å²) in [6, 6.07) is 47.8. The molecule has 0 bridgehead atoms. The van der Waals surface area contributed by atoms with Gasteiger partial charge in [-0.25, -0.2) is 9.97 Å². The lowest BCUT2D eigenvalue weighted by molar-refractivity contribution is 0.656. The van der Waals surface area contributed by atoms with Gasteiger partial charge in [0.05, 0.1) is 22.4 Å². The summed E-state index contributed by atoms with van der Waals surface area (Å²) in [5, 5.41) is 6.53. The first kappa shape index (κ1) is 24.3. The van der Waals surface area contributed by atoms with Gasteiger partial charge in [0.15, 0.2) is 0 Å². The van der Waals surface area contributed by atoms with Gasteiger partial charge in [0.25, 0.3) is 0 Å². The molecule has 0 aliphatic rings. The van der Waals surface area contributed by atoms with Crippen molar-refractivity contribution in [3.63, 3.8) is 0 Å². The van der Waals surface area contributed by atoms with Gasteiger partial charge in [0.1, 0.15) is 22.3 Å². The van der Waals surface area contributed by atoms with Crippen molar-refractivity contribution >= 4 is 65.7 Å². The lowest BCUT2D eigenvalue weighted by atomic mass is 10.0. The molecule has 210 valence electrons. The van der Waals surface area contributed by atoms with Gasteiger partial charge in [-0.2, -0.15) is 0 Å². The average Bonchev–Trinajstić information content (AvgIpc) is 3.76. The highest BCUT2D eigenvalue weighted by Crippen LogP contribution is 2.41. The number of fused-ring (bicyclic) bond motifs is 9. The minimum atomic E-state index is 0.622. The summed E-state index contributed by atoms with van der Waals surface area (Å²) in [7, 11) is 0. The number of furan rings is 2. The number of aromatic nitrogens is 3. The molecule has 45 heavy (non-hydrogen) atoms. The maximum absolute atomic E-state index is 6.44. The highest BCUT2D eigenvalue weighted by molar-refractivity contribution is 6.18. The first-order valence-electron chi connectivity index (χ1n) is 15.0. The summed E-state index contributed by atoms with van der Waals surface area (Å²) in [5.41, 5.74) is 9.08. The summed E-state index contributed by atoms with van der Waals surface area (Å²) in [6.45, 7) is 0. The van der Waals surface area contributed by atoms with E-state index in [4.69, 9.17) is 18.8 Å². The maximum Gasteiger partial charge on any atom is 0.235 e. The molecule has 0 atom stereocenters. The molecule has 0 saturated heterocycles. The fourth-order valence-electron chi connectivity index (χ4n) is 6.83. The van der Waals surface area contributed by atoms with E-state index >= 15 is 0 Å². The van der Waals surface area contributed by atoms with Crippen molar-refractivity contribution in [2.24, 2.45) is 0 Å². The molecule has 4 aromatic heterocycles. The Morgan fingerprint density at radius 3 is 1.84 bits per heavy atom. The molecular weight excluding hydrogens is 554 g/mol. The van der Waals surface area contributed by atoms with Crippen LogP contribution in [0.4, 0.5) is 0 Å². The van der Waals surface area contributed by atoms with Crippen LogP contribution in [0.1, 0.15) is 0 Å². The van der Waals surface area contributed by atoms with Crippen LogP contribution in [0.15, 0.2) is 148 Å². The van der Waals surface area contributed by atoms with Crippen molar-refractivity contribution < 1.29 is 8.83 Å². The van der Waals surface area contributed by atoms with Crippen LogP contribution >= 0.6 is 0 Å². The molecule has 0 amide bonds. The molecule has 0 spiro atoms. The van der Waals surface area contributed by atoms with Crippen molar-refractivity contribution in [1.29, 1.82) is 0 Å². The van der Waals surface area contributed by atoms with Gasteiger partial charge in [-0.05, 0) is 36.4 Å². The van der Waals surface area contributed by atoms with E-state index in [1.165, 1.54) is 10.8 Å². The Labute approximate surface area is 256 Å². The first-order chi connectivity index (χ1) is 22.3. The van der Waals surface area contributed by atoms with E-state index in [2.05, 4.69) is 89.5 Å². The van der Waals surface area contributed by atoms with Crippen molar-refractivity contribution in [3.8, 4) is 28.5 Å². The summed E-state index contributed by atoms with van der Waals surface area (Å²) in [5.74, 6) is 0.622. The van der Waals surface area contributed by atoms with Crippen molar-refractivity contribution in [2.45, 2.75) is 0 Å². The fourth-order valence-corrected chi connectivity index (χ4v) is 6.83. The van der Waals surface area contributed by atoms with Crippen LogP contribution in [0.2, 0.25) is 0 Å². The summed E-state index contributed by atoms with van der Waals surface area (Å²) >= 11 is 0. The van der Waals surface area contributed by atoms with Crippen LogP contribution in [-0.4, -0.2) is 14.5 Å². The highest BCUT2D eigenvalue weighted by Gasteiger charge is 2.20. The van der Waals surface area contributed by atoms with Crippen LogP contribution in [0, 0.1) is 0 Å². The molecule has 0 aliphatic carbocycles. The third-order valence-corrected chi connectivity index (χ3v) is 8.83. The van der Waals surface area contributed by atoms with E-state index in [1.807, 2.05) is 54.6 Å². The maximum atomic E-state index is 6.44. The largest absolute Gasteiger partial charge is 0.456 e. The minimum absolute atomic E-state index is 0.622. The second-order valence-electron chi connectivity index (χ2n) is 11.4. The van der Waals surface area contributed by atoms with Crippen LogP contribution in [0.5, 0.6) is 0 Å². The number of hydrogen-bond donors (Lipinski definition) is 0. The van der Waals surface area contributed by atoms with Crippen LogP contribution in [0.3, 0.4) is 0 Å². The zero-order valence-corrected chi connectivity index (χ0v) is 23.9. The molecule has 5 heteroatoms. The highest BCUT2D eigenvalue weighted by atomic mass is 16.3. The molecule has 0 aliphatic heterocycles. The number of hydrogen-bond acceptors (Lipinski definition) is 4. The second kappa shape index (κ2) is 9.15. The molecule has 0 radical (unpaired) electrons. The number of para-hydroxylation sites is 3. The van der Waals surface area contributed by atoms with Crippen molar-refractivity contribution in [2.75, 3.05) is 0 Å². The van der Waals surface area contributed by atoms with Gasteiger partial charge in [-0.15, -0.1) is 0 Å². The van der Waals surface area contributed by atoms with Crippen molar-refractivity contribution in [3.05, 3.63) is 140 Å². The smallest absolute Gasteiger partial charge is 0.235 e. The second-order valence-corrected chi connectivity index (χ2v) is 11.4. The van der Waals surface area contributed by atoms with E-state index in [0.29, 0.717) is 5.95 Å². The minimum Gasteiger partial charge on any atom is -0.456 e. The molecule has 0 fully saturated rings. The van der Waals surface area contributed by atoms with Gasteiger partial charge >= 0.3 is 0 Å². The van der Waals surface area contributed by atoms with Gasteiger partial charge in [-0.1, -0.05) is 97.1 Å². The first-order valence-corrected chi connectivity index (χ1v) is 15.0. The summed E-state index contributed by atoms with van der Waals surface area (Å²) in [4.78, 5) is 10.5. The van der Waals surface area contributed by atoms with E-state index in [0.717, 1.165) is 77.4 Å². The number of nitrogens with zero attached hydrogens (tertiary/aromatic N) is 3. The molecule has 10 aromatic rings. The Balaban J connectivity index is 1.30. The number of benzene rings is 6. The van der Waals surface area contributed by atoms with Crippen molar-refractivity contribution in [1.82, 2.24) is 14.5 Å². The van der Waals surface area contributed by atoms with E-state index in [9.17, 15) is 0 Å². The molecule has 10 rings (SSSR count). The normalized spacial score (nSPS) is 12.0.